The lowest BCUT2D eigenvalue weighted by molar-refractivity contribution is 0.140. The Kier molecular flexibility index (Phi) is 10.2. The summed E-state index contributed by atoms with van der Waals surface area (Å²) in [7, 11) is 1.81. The molecule has 7 heteroatoms. The van der Waals surface area contributed by atoms with Crippen molar-refractivity contribution < 1.29 is 9.47 Å². The highest BCUT2D eigenvalue weighted by molar-refractivity contribution is 14.0. The van der Waals surface area contributed by atoms with Crippen molar-refractivity contribution in [2.24, 2.45) is 10.9 Å². The van der Waals surface area contributed by atoms with Crippen molar-refractivity contribution in [3.63, 3.8) is 0 Å². The van der Waals surface area contributed by atoms with E-state index in [9.17, 15) is 0 Å². The molecule has 2 aromatic rings. The number of aliphatic imine (C=N–C) groups is 1. The molecule has 3 rings (SSSR count). The van der Waals surface area contributed by atoms with Crippen LogP contribution in [0.2, 0.25) is 0 Å². The van der Waals surface area contributed by atoms with E-state index in [0.717, 1.165) is 43.3 Å². The molecule has 1 saturated heterocycles. The quantitative estimate of drug-likeness (QED) is 0.303. The maximum absolute atomic E-state index is 6.19. The average molecular weight is 529 g/mol. The normalized spacial score (nSPS) is 17.5. The van der Waals surface area contributed by atoms with E-state index in [1.165, 1.54) is 10.4 Å². The molecule has 1 aliphatic rings. The minimum atomic E-state index is 0. The number of ether oxygens (including phenoxy) is 2. The van der Waals surface area contributed by atoms with Gasteiger partial charge in [-0.15, -0.1) is 35.3 Å². The first-order chi connectivity index (χ1) is 13.6. The average Bonchev–Trinajstić information content (AvgIpc) is 3.37. The van der Waals surface area contributed by atoms with Crippen molar-refractivity contribution in [1.82, 2.24) is 10.6 Å². The molecule has 2 N–H and O–H groups in total. The van der Waals surface area contributed by atoms with Crippen LogP contribution < -0.4 is 15.4 Å². The number of hydrogen-bond donors (Lipinski definition) is 2. The van der Waals surface area contributed by atoms with E-state index in [2.05, 4.69) is 65.2 Å². The predicted molar refractivity (Wildman–Crippen MR) is 132 cm³/mol. The number of guanidine groups is 1. The van der Waals surface area contributed by atoms with Gasteiger partial charge in [-0.3, -0.25) is 4.99 Å². The standard InChI is InChI=1S/C22H31N3O2S.HI/c1-16-6-7-18(21(12-16)27-19-8-9-26-15-19)14-25-22(23-3)24-13-17(2)11-20-5-4-10-28-20;/h4-7,10,12,17,19H,8-9,11,13-15H2,1-3H3,(H2,23,24,25);1H. The smallest absolute Gasteiger partial charge is 0.191 e. The van der Waals surface area contributed by atoms with Gasteiger partial charge in [-0.1, -0.05) is 25.1 Å². The Balaban J connectivity index is 0.00000300. The lowest BCUT2D eigenvalue weighted by Gasteiger charge is -2.19. The van der Waals surface area contributed by atoms with Gasteiger partial charge in [0, 0.05) is 37.0 Å². The Bertz CT molecular complexity index is 761. The van der Waals surface area contributed by atoms with Crippen molar-refractivity contribution >= 4 is 41.3 Å². The topological polar surface area (TPSA) is 54.9 Å². The molecule has 2 unspecified atom stereocenters. The van der Waals surface area contributed by atoms with Crippen LogP contribution in [0.25, 0.3) is 0 Å². The summed E-state index contributed by atoms with van der Waals surface area (Å²) in [5.74, 6) is 2.29. The SMILES string of the molecule is CN=C(NCc1ccc(C)cc1OC1CCOC1)NCC(C)Cc1cccs1.I. The third-order valence-corrected chi connectivity index (χ3v) is 5.72. The molecule has 0 amide bonds. The molecule has 0 radical (unpaired) electrons. The van der Waals surface area contributed by atoms with Crippen molar-refractivity contribution in [3.8, 4) is 5.75 Å². The van der Waals surface area contributed by atoms with Crippen LogP contribution in [0.1, 0.15) is 29.3 Å². The van der Waals surface area contributed by atoms with Gasteiger partial charge in [0.2, 0.25) is 0 Å². The molecule has 1 fully saturated rings. The van der Waals surface area contributed by atoms with Gasteiger partial charge in [-0.2, -0.15) is 0 Å². The molecule has 29 heavy (non-hydrogen) atoms. The lowest BCUT2D eigenvalue weighted by Crippen LogP contribution is -2.39. The van der Waals surface area contributed by atoms with Crippen molar-refractivity contribution in [2.75, 3.05) is 26.8 Å². The number of hydrogen-bond acceptors (Lipinski definition) is 4. The molecule has 0 bridgehead atoms. The molecule has 1 aromatic heterocycles. The van der Waals surface area contributed by atoms with E-state index in [1.54, 1.807) is 0 Å². The number of aryl methyl sites for hydroxylation is 1. The first kappa shape index (κ1) is 24.0. The Morgan fingerprint density at radius 1 is 1.34 bits per heavy atom. The molecule has 5 nitrogen and oxygen atoms in total. The van der Waals surface area contributed by atoms with Crippen LogP contribution in [0.5, 0.6) is 5.75 Å². The molecule has 1 aliphatic heterocycles. The third kappa shape index (κ3) is 7.79. The largest absolute Gasteiger partial charge is 0.488 e. The summed E-state index contributed by atoms with van der Waals surface area (Å²) in [6.07, 6.45) is 2.18. The van der Waals surface area contributed by atoms with Crippen molar-refractivity contribution in [3.05, 3.63) is 51.7 Å². The highest BCUT2D eigenvalue weighted by Crippen LogP contribution is 2.23. The van der Waals surface area contributed by atoms with Gasteiger partial charge in [-0.05, 0) is 42.3 Å². The fourth-order valence-corrected chi connectivity index (χ4v) is 4.09. The summed E-state index contributed by atoms with van der Waals surface area (Å²) in [6.45, 7) is 7.35. The van der Waals surface area contributed by atoms with E-state index in [1.807, 2.05) is 18.4 Å². The van der Waals surface area contributed by atoms with Crippen molar-refractivity contribution in [2.45, 2.75) is 39.3 Å². The maximum atomic E-state index is 6.19. The lowest BCUT2D eigenvalue weighted by atomic mass is 10.1. The number of rotatable bonds is 8. The Hall–Kier alpha value is -1.32. The first-order valence-corrected chi connectivity index (χ1v) is 10.8. The van der Waals surface area contributed by atoms with E-state index in [-0.39, 0.29) is 30.1 Å². The first-order valence-electron chi connectivity index (χ1n) is 9.95. The molecule has 2 atom stereocenters. The van der Waals surface area contributed by atoms with Gasteiger partial charge in [0.1, 0.15) is 11.9 Å². The molecule has 2 heterocycles. The van der Waals surface area contributed by atoms with E-state index >= 15 is 0 Å². The zero-order valence-corrected chi connectivity index (χ0v) is 20.6. The minimum absolute atomic E-state index is 0. The maximum Gasteiger partial charge on any atom is 0.191 e. The summed E-state index contributed by atoms with van der Waals surface area (Å²) in [5, 5.41) is 8.99. The van der Waals surface area contributed by atoms with E-state index in [0.29, 0.717) is 19.1 Å². The second-order valence-corrected chi connectivity index (χ2v) is 8.44. The molecular weight excluding hydrogens is 497 g/mol. The summed E-state index contributed by atoms with van der Waals surface area (Å²) >= 11 is 1.82. The highest BCUT2D eigenvalue weighted by atomic mass is 127. The van der Waals surface area contributed by atoms with Gasteiger partial charge < -0.3 is 20.1 Å². The number of benzene rings is 1. The summed E-state index contributed by atoms with van der Waals surface area (Å²) < 4.78 is 11.6. The van der Waals surface area contributed by atoms with Crippen LogP contribution in [0, 0.1) is 12.8 Å². The molecule has 1 aromatic carbocycles. The Morgan fingerprint density at radius 2 is 2.21 bits per heavy atom. The zero-order chi connectivity index (χ0) is 19.8. The van der Waals surface area contributed by atoms with E-state index < -0.39 is 0 Å². The number of nitrogens with zero attached hydrogens (tertiary/aromatic N) is 1. The Morgan fingerprint density at radius 3 is 2.90 bits per heavy atom. The van der Waals surface area contributed by atoms with Gasteiger partial charge >= 0.3 is 0 Å². The number of halogens is 1. The Labute approximate surface area is 195 Å². The molecule has 0 aliphatic carbocycles. The molecule has 160 valence electrons. The van der Waals surface area contributed by atoms with Gasteiger partial charge in [0.15, 0.2) is 5.96 Å². The fraction of sp³-hybridized carbons (Fsp3) is 0.500. The third-order valence-electron chi connectivity index (χ3n) is 4.82. The van der Waals surface area contributed by atoms with Crippen molar-refractivity contribution in [1.29, 1.82) is 0 Å². The number of nitrogens with one attached hydrogen (secondary N) is 2. The van der Waals surface area contributed by atoms with Crippen LogP contribution in [-0.4, -0.2) is 38.9 Å². The van der Waals surface area contributed by atoms with Crippen LogP contribution in [0.3, 0.4) is 0 Å². The zero-order valence-electron chi connectivity index (χ0n) is 17.4. The number of thiophene rings is 1. The molecule has 0 saturated carbocycles. The highest BCUT2D eigenvalue weighted by Gasteiger charge is 2.18. The van der Waals surface area contributed by atoms with Gasteiger partial charge in [-0.25, -0.2) is 0 Å². The van der Waals surface area contributed by atoms with Crippen LogP contribution in [0.15, 0.2) is 40.7 Å². The summed E-state index contributed by atoms with van der Waals surface area (Å²) in [5.41, 5.74) is 2.33. The second kappa shape index (κ2) is 12.4. The van der Waals surface area contributed by atoms with Gasteiger partial charge in [0.05, 0.1) is 13.2 Å². The van der Waals surface area contributed by atoms with Crippen LogP contribution >= 0.6 is 35.3 Å². The van der Waals surface area contributed by atoms with E-state index in [4.69, 9.17) is 9.47 Å². The van der Waals surface area contributed by atoms with Gasteiger partial charge in [0.25, 0.3) is 0 Å². The predicted octanol–water partition coefficient (Wildman–Crippen LogP) is 4.39. The summed E-state index contributed by atoms with van der Waals surface area (Å²) in [6, 6.07) is 10.7. The minimum Gasteiger partial charge on any atom is -0.488 e. The fourth-order valence-electron chi connectivity index (χ4n) is 3.22. The molecular formula is C22H32IN3O2S. The summed E-state index contributed by atoms with van der Waals surface area (Å²) in [4.78, 5) is 5.78. The second-order valence-electron chi connectivity index (χ2n) is 7.41. The van der Waals surface area contributed by atoms with Crippen LogP contribution in [-0.2, 0) is 17.7 Å². The molecule has 0 spiro atoms. The van der Waals surface area contributed by atoms with Crippen LogP contribution in [0.4, 0.5) is 0 Å². The monoisotopic (exact) mass is 529 g/mol.